The molecule has 37 heavy (non-hydrogen) atoms. The van der Waals surface area contributed by atoms with E-state index in [9.17, 15) is 14.4 Å². The standard InChI is InChI=1S/C26H26N6O5/c1-4-30-25(34)31(16-18-7-5-17(2)6-8-18)24(32(27)26(30)35)29-19-9-11-20(12-10-19)37-21-13-14-22(28-15-21)23(33)36-3/h5-15H,4,16,27H2,1-3H3. The van der Waals surface area contributed by atoms with Gasteiger partial charge in [0.2, 0.25) is 5.62 Å². The molecule has 0 unspecified atom stereocenters. The lowest BCUT2D eigenvalue weighted by atomic mass is 10.1. The molecule has 4 rings (SSSR count). The summed E-state index contributed by atoms with van der Waals surface area (Å²) in [6.07, 6.45) is 1.41. The SMILES string of the molecule is CCn1c(=O)n(N)c(=Nc2ccc(Oc3ccc(C(=O)OC)nc3)cc2)n(Cc2ccc(C)cc2)c1=O. The van der Waals surface area contributed by atoms with E-state index in [1.807, 2.05) is 31.2 Å². The summed E-state index contributed by atoms with van der Waals surface area (Å²) in [4.78, 5) is 45.9. The van der Waals surface area contributed by atoms with Gasteiger partial charge >= 0.3 is 17.3 Å². The maximum absolute atomic E-state index is 13.1. The van der Waals surface area contributed by atoms with E-state index in [0.717, 1.165) is 20.4 Å². The van der Waals surface area contributed by atoms with Gasteiger partial charge in [-0.3, -0.25) is 4.57 Å². The first-order chi connectivity index (χ1) is 17.8. The number of benzene rings is 2. The Labute approximate surface area is 211 Å². The zero-order valence-electron chi connectivity index (χ0n) is 20.6. The summed E-state index contributed by atoms with van der Waals surface area (Å²) in [6.45, 7) is 4.03. The number of esters is 1. The van der Waals surface area contributed by atoms with Crippen LogP contribution in [0.15, 0.2) is 81.4 Å². The molecule has 0 radical (unpaired) electrons. The average Bonchev–Trinajstić information content (AvgIpc) is 2.91. The predicted octanol–water partition coefficient (Wildman–Crippen LogP) is 2.11. The van der Waals surface area contributed by atoms with Crippen LogP contribution in [-0.2, 0) is 17.8 Å². The van der Waals surface area contributed by atoms with Gasteiger partial charge < -0.3 is 15.3 Å². The van der Waals surface area contributed by atoms with Gasteiger partial charge in [-0.2, -0.15) is 4.68 Å². The van der Waals surface area contributed by atoms with Gasteiger partial charge in [-0.1, -0.05) is 29.8 Å². The first-order valence-corrected chi connectivity index (χ1v) is 11.4. The number of methoxy groups -OCH3 is 1. The highest BCUT2D eigenvalue weighted by atomic mass is 16.5. The molecule has 0 saturated carbocycles. The van der Waals surface area contributed by atoms with Crippen molar-refractivity contribution in [2.45, 2.75) is 26.9 Å². The molecular formula is C26H26N6O5. The molecule has 2 N–H and O–H groups in total. The maximum atomic E-state index is 13.1. The van der Waals surface area contributed by atoms with Crippen molar-refractivity contribution in [3.05, 3.63) is 110 Å². The van der Waals surface area contributed by atoms with Crippen LogP contribution in [0.2, 0.25) is 0 Å². The maximum Gasteiger partial charge on any atom is 0.356 e. The fraction of sp³-hybridized carbons (Fsp3) is 0.192. The second-order valence-corrected chi connectivity index (χ2v) is 8.13. The number of hydrogen-bond acceptors (Lipinski definition) is 8. The molecule has 0 fully saturated rings. The molecule has 0 bridgehead atoms. The quantitative estimate of drug-likeness (QED) is 0.302. The van der Waals surface area contributed by atoms with Crippen LogP contribution in [0, 0.1) is 6.92 Å². The summed E-state index contributed by atoms with van der Waals surface area (Å²) in [6, 6.07) is 17.5. The summed E-state index contributed by atoms with van der Waals surface area (Å²) in [7, 11) is 1.28. The van der Waals surface area contributed by atoms with E-state index >= 15 is 0 Å². The van der Waals surface area contributed by atoms with E-state index in [4.69, 9.17) is 10.6 Å². The number of nitrogens with two attached hydrogens (primary N) is 1. The molecule has 0 atom stereocenters. The molecule has 0 aliphatic carbocycles. The molecular weight excluding hydrogens is 476 g/mol. The number of aryl methyl sites for hydroxylation is 1. The van der Waals surface area contributed by atoms with Gasteiger partial charge in [0, 0.05) is 6.54 Å². The number of carbonyl (C=O) groups is 1. The van der Waals surface area contributed by atoms with Crippen LogP contribution in [0.25, 0.3) is 0 Å². The van der Waals surface area contributed by atoms with E-state index in [1.165, 1.54) is 23.9 Å². The minimum Gasteiger partial charge on any atom is -0.464 e. The van der Waals surface area contributed by atoms with Gasteiger partial charge in [0.1, 0.15) is 17.2 Å². The number of nitrogens with zero attached hydrogens (tertiary/aromatic N) is 5. The van der Waals surface area contributed by atoms with Gasteiger partial charge in [-0.25, -0.2) is 28.9 Å². The van der Waals surface area contributed by atoms with Crippen molar-refractivity contribution in [2.75, 3.05) is 13.0 Å². The smallest absolute Gasteiger partial charge is 0.356 e. The Morgan fingerprint density at radius 3 is 2.22 bits per heavy atom. The van der Waals surface area contributed by atoms with Gasteiger partial charge in [0.25, 0.3) is 0 Å². The van der Waals surface area contributed by atoms with E-state index in [0.29, 0.717) is 17.2 Å². The van der Waals surface area contributed by atoms with Gasteiger partial charge in [-0.05, 0) is 55.8 Å². The van der Waals surface area contributed by atoms with Crippen molar-refractivity contribution >= 4 is 11.7 Å². The Balaban J connectivity index is 1.68. The third kappa shape index (κ3) is 5.50. The second kappa shape index (κ2) is 10.8. The zero-order valence-corrected chi connectivity index (χ0v) is 20.6. The monoisotopic (exact) mass is 502 g/mol. The fourth-order valence-corrected chi connectivity index (χ4v) is 3.56. The van der Waals surface area contributed by atoms with Crippen molar-refractivity contribution in [2.24, 2.45) is 4.99 Å². The van der Waals surface area contributed by atoms with E-state index < -0.39 is 17.3 Å². The van der Waals surface area contributed by atoms with E-state index in [1.54, 1.807) is 37.3 Å². The summed E-state index contributed by atoms with van der Waals surface area (Å²) >= 11 is 0. The minimum absolute atomic E-state index is 0.0107. The molecule has 0 aliphatic rings. The second-order valence-electron chi connectivity index (χ2n) is 8.13. The normalized spacial score (nSPS) is 11.4. The first-order valence-electron chi connectivity index (χ1n) is 11.4. The molecule has 0 spiro atoms. The lowest BCUT2D eigenvalue weighted by molar-refractivity contribution is 0.0594. The van der Waals surface area contributed by atoms with Crippen molar-refractivity contribution in [1.82, 2.24) is 18.8 Å². The van der Waals surface area contributed by atoms with Crippen molar-refractivity contribution in [1.29, 1.82) is 0 Å². The number of ether oxygens (including phenoxy) is 2. The van der Waals surface area contributed by atoms with Gasteiger partial charge in [0.15, 0.2) is 0 Å². The zero-order chi connectivity index (χ0) is 26.5. The average molecular weight is 503 g/mol. The number of nitrogen functional groups attached to an aromatic ring is 1. The molecule has 2 aromatic heterocycles. The molecule has 11 nitrogen and oxygen atoms in total. The summed E-state index contributed by atoms with van der Waals surface area (Å²) < 4.78 is 13.7. The van der Waals surface area contributed by atoms with Gasteiger partial charge in [0.05, 0.1) is 25.5 Å². The Hall–Kier alpha value is -4.93. The lowest BCUT2D eigenvalue weighted by Gasteiger charge is -2.13. The highest BCUT2D eigenvalue weighted by Gasteiger charge is 2.13. The topological polar surface area (TPSA) is 136 Å². The first kappa shape index (κ1) is 25.2. The van der Waals surface area contributed by atoms with Crippen LogP contribution < -0.4 is 27.6 Å². The van der Waals surface area contributed by atoms with Crippen molar-refractivity contribution in [3.8, 4) is 11.5 Å². The molecule has 0 amide bonds. The predicted molar refractivity (Wildman–Crippen MR) is 136 cm³/mol. The Bertz CT molecular complexity index is 1600. The van der Waals surface area contributed by atoms with Crippen molar-refractivity contribution in [3.63, 3.8) is 0 Å². The highest BCUT2D eigenvalue weighted by molar-refractivity contribution is 5.87. The van der Waals surface area contributed by atoms with Crippen molar-refractivity contribution < 1.29 is 14.3 Å². The largest absolute Gasteiger partial charge is 0.464 e. The molecule has 0 aliphatic heterocycles. The number of hydrogen-bond donors (Lipinski definition) is 1. The van der Waals surface area contributed by atoms with E-state index in [-0.39, 0.29) is 24.4 Å². The number of pyridine rings is 1. The summed E-state index contributed by atoms with van der Waals surface area (Å²) in [5.74, 6) is 6.47. The molecule has 4 aromatic rings. The minimum atomic E-state index is -0.658. The molecule has 190 valence electrons. The number of rotatable bonds is 7. The highest BCUT2D eigenvalue weighted by Crippen LogP contribution is 2.23. The van der Waals surface area contributed by atoms with Gasteiger partial charge in [-0.15, -0.1) is 0 Å². The number of carbonyl (C=O) groups excluding carboxylic acids is 1. The molecule has 2 aromatic carbocycles. The lowest BCUT2D eigenvalue weighted by Crippen LogP contribution is -2.57. The fourth-order valence-electron chi connectivity index (χ4n) is 3.56. The van der Waals surface area contributed by atoms with Crippen LogP contribution in [-0.4, -0.2) is 31.9 Å². The van der Waals surface area contributed by atoms with Crippen LogP contribution in [0.3, 0.4) is 0 Å². The third-order valence-electron chi connectivity index (χ3n) is 5.57. The van der Waals surface area contributed by atoms with Crippen LogP contribution in [0.4, 0.5) is 5.69 Å². The summed E-state index contributed by atoms with van der Waals surface area (Å²) in [5.41, 5.74) is 1.42. The Morgan fingerprint density at radius 2 is 1.62 bits per heavy atom. The van der Waals surface area contributed by atoms with Crippen LogP contribution in [0.1, 0.15) is 28.5 Å². The summed E-state index contributed by atoms with van der Waals surface area (Å²) in [5, 5.41) is 0. The Kier molecular flexibility index (Phi) is 7.33. The molecule has 2 heterocycles. The van der Waals surface area contributed by atoms with Crippen LogP contribution in [0.5, 0.6) is 11.5 Å². The number of aromatic nitrogens is 4. The van der Waals surface area contributed by atoms with Crippen LogP contribution >= 0.6 is 0 Å². The molecule has 11 heteroatoms. The molecule has 0 saturated heterocycles. The third-order valence-corrected chi connectivity index (χ3v) is 5.57. The Morgan fingerprint density at radius 1 is 0.946 bits per heavy atom. The van der Waals surface area contributed by atoms with E-state index in [2.05, 4.69) is 14.7 Å².